The zero-order chi connectivity index (χ0) is 20.0. The van der Waals surface area contributed by atoms with Crippen molar-refractivity contribution in [1.82, 2.24) is 10.2 Å². The van der Waals surface area contributed by atoms with Gasteiger partial charge in [-0.15, -0.1) is 22.0 Å². The van der Waals surface area contributed by atoms with Crippen molar-refractivity contribution in [1.29, 1.82) is 0 Å². The van der Waals surface area contributed by atoms with Gasteiger partial charge < -0.3 is 5.32 Å². The maximum atomic E-state index is 12.4. The van der Waals surface area contributed by atoms with Gasteiger partial charge in [-0.1, -0.05) is 48.6 Å². The first-order valence-electron chi connectivity index (χ1n) is 8.39. The lowest BCUT2D eigenvalue weighted by atomic mass is 10.2. The molecule has 3 aromatic rings. The van der Waals surface area contributed by atoms with Gasteiger partial charge in [0.1, 0.15) is 0 Å². The van der Waals surface area contributed by atoms with Crippen molar-refractivity contribution in [3.05, 3.63) is 60.2 Å². The third-order valence-electron chi connectivity index (χ3n) is 3.56. The normalized spacial score (nSPS) is 11.2. The van der Waals surface area contributed by atoms with Crippen molar-refractivity contribution in [2.24, 2.45) is 0 Å². The fraction of sp³-hybridized carbons (Fsp3) is 0.167. The molecular formula is C18H18N4O3S3. The summed E-state index contributed by atoms with van der Waals surface area (Å²) < 4.78 is 27.2. The van der Waals surface area contributed by atoms with E-state index in [1.807, 2.05) is 42.5 Å². The molecule has 0 aliphatic carbocycles. The van der Waals surface area contributed by atoms with Gasteiger partial charge in [0.15, 0.2) is 0 Å². The number of aromatic nitrogens is 2. The maximum absolute atomic E-state index is 12.4. The third-order valence-corrected chi connectivity index (χ3v) is 7.23. The Hall–Kier alpha value is -2.43. The SMILES string of the molecule is CCC(=O)Nc1nnc(S(=O)(=O)Nc2ccc(CSc3ccccc3)cc2)s1. The standard InChI is InChI=1S/C18H18N4O3S3/c1-2-16(23)19-17-20-21-18(27-17)28(24,25)22-14-10-8-13(9-11-14)12-26-15-6-4-3-5-7-15/h3-11,22H,2,12H2,1H3,(H,19,20,23). The fourth-order valence-corrected chi connectivity index (χ4v) is 4.98. The third kappa shape index (κ3) is 5.54. The molecule has 0 aliphatic heterocycles. The van der Waals surface area contributed by atoms with Crippen molar-refractivity contribution in [3.63, 3.8) is 0 Å². The van der Waals surface area contributed by atoms with Gasteiger partial charge in [-0.3, -0.25) is 9.52 Å². The number of benzene rings is 2. The lowest BCUT2D eigenvalue weighted by molar-refractivity contribution is -0.115. The average Bonchev–Trinajstić information content (AvgIpc) is 3.17. The lowest BCUT2D eigenvalue weighted by Gasteiger charge is -2.07. The molecule has 146 valence electrons. The molecule has 0 spiro atoms. The predicted molar refractivity (Wildman–Crippen MR) is 112 cm³/mol. The van der Waals surface area contributed by atoms with Gasteiger partial charge in [0.2, 0.25) is 11.0 Å². The first-order chi connectivity index (χ1) is 13.5. The lowest BCUT2D eigenvalue weighted by Crippen LogP contribution is -2.12. The number of nitrogens with one attached hydrogen (secondary N) is 2. The summed E-state index contributed by atoms with van der Waals surface area (Å²) in [6, 6.07) is 17.2. The van der Waals surface area contributed by atoms with E-state index in [2.05, 4.69) is 20.2 Å². The van der Waals surface area contributed by atoms with Crippen LogP contribution in [0.3, 0.4) is 0 Å². The fourth-order valence-electron chi connectivity index (χ4n) is 2.13. The predicted octanol–water partition coefficient (Wildman–Crippen LogP) is 3.98. The van der Waals surface area contributed by atoms with E-state index in [0.717, 1.165) is 22.7 Å². The van der Waals surface area contributed by atoms with Crippen LogP contribution in [0.5, 0.6) is 0 Å². The second kappa shape index (κ2) is 9.18. The Morgan fingerprint density at radius 3 is 2.46 bits per heavy atom. The van der Waals surface area contributed by atoms with Crippen LogP contribution < -0.4 is 10.0 Å². The summed E-state index contributed by atoms with van der Waals surface area (Å²) in [5.74, 6) is 0.533. The number of nitrogens with zero attached hydrogens (tertiary/aromatic N) is 2. The van der Waals surface area contributed by atoms with Crippen LogP contribution in [0.15, 0.2) is 63.8 Å². The summed E-state index contributed by atoms with van der Waals surface area (Å²) in [5.41, 5.74) is 1.51. The van der Waals surface area contributed by atoms with Crippen LogP contribution in [-0.2, 0) is 20.6 Å². The molecular weight excluding hydrogens is 416 g/mol. The van der Waals surface area contributed by atoms with Gasteiger partial charge in [-0.2, -0.15) is 8.42 Å². The van der Waals surface area contributed by atoms with E-state index in [4.69, 9.17) is 0 Å². The van der Waals surface area contributed by atoms with Crippen LogP contribution in [0.4, 0.5) is 10.8 Å². The molecule has 10 heteroatoms. The highest BCUT2D eigenvalue weighted by Crippen LogP contribution is 2.25. The second-order valence-corrected chi connectivity index (χ2v) is 9.56. The number of anilines is 2. The Balaban J connectivity index is 1.62. The number of rotatable bonds is 8. The molecule has 1 amide bonds. The van der Waals surface area contributed by atoms with Gasteiger partial charge in [0.25, 0.3) is 14.4 Å². The van der Waals surface area contributed by atoms with E-state index in [1.54, 1.807) is 30.8 Å². The smallest absolute Gasteiger partial charge is 0.291 e. The molecule has 1 aromatic heterocycles. The molecule has 0 bridgehead atoms. The summed E-state index contributed by atoms with van der Waals surface area (Å²) in [6.07, 6.45) is 0.273. The minimum absolute atomic E-state index is 0.153. The topological polar surface area (TPSA) is 101 Å². The molecule has 1 heterocycles. The van der Waals surface area contributed by atoms with Crippen LogP contribution >= 0.6 is 23.1 Å². The number of sulfonamides is 1. The van der Waals surface area contributed by atoms with E-state index in [0.29, 0.717) is 5.69 Å². The van der Waals surface area contributed by atoms with Gasteiger partial charge in [0.05, 0.1) is 0 Å². The molecule has 0 aliphatic rings. The number of hydrogen-bond acceptors (Lipinski definition) is 7. The van der Waals surface area contributed by atoms with Crippen LogP contribution in [0, 0.1) is 0 Å². The van der Waals surface area contributed by atoms with E-state index in [9.17, 15) is 13.2 Å². The monoisotopic (exact) mass is 434 g/mol. The number of carbonyl (C=O) groups is 1. The van der Waals surface area contributed by atoms with Crippen molar-refractivity contribution >= 4 is 49.8 Å². The molecule has 2 aromatic carbocycles. The molecule has 7 nitrogen and oxygen atoms in total. The van der Waals surface area contributed by atoms with Crippen LogP contribution in [0.1, 0.15) is 18.9 Å². The first-order valence-corrected chi connectivity index (χ1v) is 11.7. The molecule has 0 saturated carbocycles. The van der Waals surface area contributed by atoms with Crippen molar-refractivity contribution in [2.75, 3.05) is 10.0 Å². The van der Waals surface area contributed by atoms with Gasteiger partial charge in [-0.25, -0.2) is 0 Å². The highest BCUT2D eigenvalue weighted by molar-refractivity contribution is 7.98. The first kappa shape index (κ1) is 20.3. The second-order valence-electron chi connectivity index (χ2n) is 5.68. The number of thioether (sulfide) groups is 1. The highest BCUT2D eigenvalue weighted by atomic mass is 32.2. The molecule has 0 atom stereocenters. The number of amides is 1. The molecule has 0 radical (unpaired) electrons. The van der Waals surface area contributed by atoms with Crippen molar-refractivity contribution < 1.29 is 13.2 Å². The van der Waals surface area contributed by atoms with E-state index >= 15 is 0 Å². The Morgan fingerprint density at radius 2 is 1.79 bits per heavy atom. The molecule has 0 fully saturated rings. The Morgan fingerprint density at radius 1 is 1.07 bits per heavy atom. The molecule has 2 N–H and O–H groups in total. The summed E-state index contributed by atoms with van der Waals surface area (Å²) in [6.45, 7) is 1.69. The van der Waals surface area contributed by atoms with Crippen LogP contribution in [-0.4, -0.2) is 24.5 Å². The van der Waals surface area contributed by atoms with E-state index in [1.165, 1.54) is 4.90 Å². The summed E-state index contributed by atoms with van der Waals surface area (Å²) in [7, 11) is -3.86. The highest BCUT2D eigenvalue weighted by Gasteiger charge is 2.21. The van der Waals surface area contributed by atoms with Crippen LogP contribution in [0.25, 0.3) is 0 Å². The van der Waals surface area contributed by atoms with Crippen molar-refractivity contribution in [3.8, 4) is 0 Å². The minimum Gasteiger partial charge on any atom is -0.301 e. The number of carbonyl (C=O) groups excluding carboxylic acids is 1. The Bertz CT molecular complexity index is 1040. The quantitative estimate of drug-likeness (QED) is 0.411. The van der Waals surface area contributed by atoms with Crippen molar-refractivity contribution in [2.45, 2.75) is 28.3 Å². The summed E-state index contributed by atoms with van der Waals surface area (Å²) in [4.78, 5) is 12.5. The van der Waals surface area contributed by atoms with Gasteiger partial charge >= 0.3 is 0 Å². The maximum Gasteiger partial charge on any atom is 0.291 e. The van der Waals surface area contributed by atoms with Gasteiger partial charge in [-0.05, 0) is 29.8 Å². The molecule has 28 heavy (non-hydrogen) atoms. The zero-order valence-electron chi connectivity index (χ0n) is 15.0. The minimum atomic E-state index is -3.86. The molecule has 0 saturated heterocycles. The number of hydrogen-bond donors (Lipinski definition) is 2. The Kier molecular flexibility index (Phi) is 6.65. The average molecular weight is 435 g/mol. The van der Waals surface area contributed by atoms with Gasteiger partial charge in [0, 0.05) is 22.8 Å². The summed E-state index contributed by atoms with van der Waals surface area (Å²) in [5, 5.41) is 9.99. The van der Waals surface area contributed by atoms with E-state index in [-0.39, 0.29) is 21.8 Å². The molecule has 3 rings (SSSR count). The summed E-state index contributed by atoms with van der Waals surface area (Å²) >= 11 is 2.51. The Labute approximate surface area is 171 Å². The van der Waals surface area contributed by atoms with E-state index < -0.39 is 10.0 Å². The zero-order valence-corrected chi connectivity index (χ0v) is 17.4. The largest absolute Gasteiger partial charge is 0.301 e. The molecule has 0 unspecified atom stereocenters. The van der Waals surface area contributed by atoms with Crippen LogP contribution in [0.2, 0.25) is 0 Å².